The molecule has 0 radical (unpaired) electrons. The van der Waals surface area contributed by atoms with E-state index >= 15 is 0 Å². The quantitative estimate of drug-likeness (QED) is 0.882. The van der Waals surface area contributed by atoms with E-state index < -0.39 is 10.0 Å². The van der Waals surface area contributed by atoms with Gasteiger partial charge in [-0.25, -0.2) is 13.4 Å². The van der Waals surface area contributed by atoms with E-state index in [0.717, 1.165) is 11.4 Å². The number of hydrogen-bond donors (Lipinski definition) is 1. The molecule has 3 rings (SSSR count). The first-order chi connectivity index (χ1) is 10.0. The highest BCUT2D eigenvalue weighted by molar-refractivity contribution is 9.10. The van der Waals surface area contributed by atoms with Crippen molar-refractivity contribution in [1.29, 1.82) is 0 Å². The number of rotatable bonds is 3. The second-order valence-corrected chi connectivity index (χ2v) is 7.61. The molecule has 0 aliphatic carbocycles. The molecule has 1 aliphatic rings. The molecule has 0 spiro atoms. The summed E-state index contributed by atoms with van der Waals surface area (Å²) in [6, 6.07) is 5.09. The minimum absolute atomic E-state index is 0.264. The van der Waals surface area contributed by atoms with E-state index in [9.17, 15) is 8.42 Å². The van der Waals surface area contributed by atoms with E-state index in [1.54, 1.807) is 24.4 Å². The van der Waals surface area contributed by atoms with Crippen LogP contribution in [-0.2, 0) is 29.7 Å². The van der Waals surface area contributed by atoms with E-state index in [-0.39, 0.29) is 4.90 Å². The van der Waals surface area contributed by atoms with Gasteiger partial charge in [0.1, 0.15) is 5.82 Å². The molecule has 21 heavy (non-hydrogen) atoms. The molecule has 2 N–H and O–H groups in total. The third-order valence-electron chi connectivity index (χ3n) is 3.56. The highest BCUT2D eigenvalue weighted by Crippen LogP contribution is 2.28. The summed E-state index contributed by atoms with van der Waals surface area (Å²) in [4.78, 5) is 4.46. The van der Waals surface area contributed by atoms with Crippen molar-refractivity contribution in [2.45, 2.75) is 24.5 Å². The molecule has 0 unspecified atom stereocenters. The van der Waals surface area contributed by atoms with Gasteiger partial charge in [-0.15, -0.1) is 0 Å². The van der Waals surface area contributed by atoms with Crippen LogP contribution in [0.5, 0.6) is 0 Å². The normalized spacial score (nSPS) is 15.9. The number of sulfonamides is 1. The van der Waals surface area contributed by atoms with Gasteiger partial charge in [0.25, 0.3) is 0 Å². The van der Waals surface area contributed by atoms with Gasteiger partial charge in [0.15, 0.2) is 0 Å². The topological polar surface area (TPSA) is 81.2 Å². The highest BCUT2D eigenvalue weighted by Gasteiger charge is 2.30. The molecular weight excluding hydrogens is 356 g/mol. The Morgan fingerprint density at radius 3 is 2.86 bits per heavy atom. The minimum atomic E-state index is -3.55. The Kier molecular flexibility index (Phi) is 3.87. The number of benzene rings is 1. The van der Waals surface area contributed by atoms with Crippen LogP contribution in [0.25, 0.3) is 0 Å². The molecule has 0 bridgehead atoms. The maximum atomic E-state index is 12.8. The van der Waals surface area contributed by atoms with Gasteiger partial charge in [-0.2, -0.15) is 4.31 Å². The van der Waals surface area contributed by atoms with Gasteiger partial charge in [-0.3, -0.25) is 0 Å². The van der Waals surface area contributed by atoms with Crippen molar-refractivity contribution >= 4 is 26.0 Å². The van der Waals surface area contributed by atoms with E-state index in [2.05, 4.69) is 20.9 Å². The zero-order valence-electron chi connectivity index (χ0n) is 11.2. The summed E-state index contributed by atoms with van der Waals surface area (Å²) in [5.41, 5.74) is 6.45. The third kappa shape index (κ3) is 2.64. The van der Waals surface area contributed by atoms with Gasteiger partial charge < -0.3 is 10.3 Å². The first-order valence-electron chi connectivity index (χ1n) is 6.51. The molecule has 0 fully saturated rings. The van der Waals surface area contributed by atoms with E-state index in [0.29, 0.717) is 30.7 Å². The summed E-state index contributed by atoms with van der Waals surface area (Å²) in [5, 5.41) is 0. The van der Waals surface area contributed by atoms with Crippen LogP contribution in [0.1, 0.15) is 11.4 Å². The molecule has 112 valence electrons. The monoisotopic (exact) mass is 370 g/mol. The van der Waals surface area contributed by atoms with E-state index in [1.165, 1.54) is 4.31 Å². The predicted molar refractivity (Wildman–Crippen MR) is 81.9 cm³/mol. The number of aromatic nitrogens is 2. The van der Waals surface area contributed by atoms with Crippen molar-refractivity contribution in [2.75, 3.05) is 6.54 Å². The Morgan fingerprint density at radius 1 is 1.33 bits per heavy atom. The summed E-state index contributed by atoms with van der Waals surface area (Å²) in [5.74, 6) is 0.763. The molecule has 2 heterocycles. The van der Waals surface area contributed by atoms with Crippen molar-refractivity contribution in [1.82, 2.24) is 13.9 Å². The lowest BCUT2D eigenvalue weighted by molar-refractivity contribution is 0.335. The zero-order valence-corrected chi connectivity index (χ0v) is 13.6. The number of imidazole rings is 1. The Hall–Kier alpha value is -1.22. The van der Waals surface area contributed by atoms with Crippen LogP contribution in [0.15, 0.2) is 40.0 Å². The zero-order chi connectivity index (χ0) is 15.0. The molecule has 0 saturated carbocycles. The number of nitrogens with zero attached hydrogens (tertiary/aromatic N) is 3. The largest absolute Gasteiger partial charge is 0.333 e. The van der Waals surface area contributed by atoms with Crippen molar-refractivity contribution in [2.24, 2.45) is 5.73 Å². The molecule has 0 saturated heterocycles. The number of nitrogens with two attached hydrogens (primary N) is 1. The lowest BCUT2D eigenvalue weighted by Crippen LogP contribution is -2.38. The second-order valence-electron chi connectivity index (χ2n) is 4.84. The van der Waals surface area contributed by atoms with Gasteiger partial charge in [0, 0.05) is 36.5 Å². The first kappa shape index (κ1) is 14.7. The summed E-state index contributed by atoms with van der Waals surface area (Å²) in [7, 11) is -3.55. The van der Waals surface area contributed by atoms with Crippen LogP contribution in [0.2, 0.25) is 0 Å². The first-order valence-corrected chi connectivity index (χ1v) is 8.74. The van der Waals surface area contributed by atoms with Crippen LogP contribution in [0.4, 0.5) is 0 Å². The Balaban J connectivity index is 1.95. The fourth-order valence-corrected chi connectivity index (χ4v) is 4.85. The van der Waals surface area contributed by atoms with Crippen LogP contribution < -0.4 is 5.73 Å². The second kappa shape index (κ2) is 5.53. The highest BCUT2D eigenvalue weighted by atomic mass is 79.9. The maximum Gasteiger partial charge on any atom is 0.244 e. The van der Waals surface area contributed by atoms with Gasteiger partial charge in [0.2, 0.25) is 10.0 Å². The van der Waals surface area contributed by atoms with E-state index in [1.807, 2.05) is 10.8 Å². The molecule has 8 heteroatoms. The maximum absolute atomic E-state index is 12.8. The number of halogens is 1. The molecule has 1 aromatic carbocycles. The summed E-state index contributed by atoms with van der Waals surface area (Å²) >= 11 is 3.33. The smallest absolute Gasteiger partial charge is 0.244 e. The van der Waals surface area contributed by atoms with E-state index in [4.69, 9.17) is 5.73 Å². The van der Waals surface area contributed by atoms with Gasteiger partial charge in [0.05, 0.1) is 11.4 Å². The lowest BCUT2D eigenvalue weighted by atomic mass is 10.2. The summed E-state index contributed by atoms with van der Waals surface area (Å²) in [6.07, 6.45) is 3.56. The third-order valence-corrected chi connectivity index (χ3v) is 6.38. The van der Waals surface area contributed by atoms with Gasteiger partial charge in [-0.05, 0) is 33.6 Å². The minimum Gasteiger partial charge on any atom is -0.333 e. The number of hydrogen-bond acceptors (Lipinski definition) is 4. The molecule has 6 nitrogen and oxygen atoms in total. The van der Waals surface area contributed by atoms with Crippen LogP contribution in [0.3, 0.4) is 0 Å². The summed E-state index contributed by atoms with van der Waals surface area (Å²) in [6.45, 7) is 1.73. The molecule has 0 atom stereocenters. The predicted octanol–water partition coefficient (Wildman–Crippen LogP) is 1.31. The van der Waals surface area contributed by atoms with Crippen LogP contribution in [0, 0.1) is 0 Å². The molecule has 1 aliphatic heterocycles. The molecule has 0 amide bonds. The fraction of sp³-hybridized carbons (Fsp3) is 0.308. The standard InChI is InChI=1S/C13H15BrN4O2S/c14-11-7-10(8-15)1-2-12(11)21(19,20)18-6-5-17-4-3-16-13(17)9-18/h1-4,7H,5-6,8-9,15H2. The van der Waals surface area contributed by atoms with Crippen LogP contribution >= 0.6 is 15.9 Å². The average molecular weight is 371 g/mol. The van der Waals surface area contributed by atoms with Crippen molar-refractivity contribution in [3.05, 3.63) is 46.5 Å². The SMILES string of the molecule is NCc1ccc(S(=O)(=O)N2CCn3ccnc3C2)c(Br)c1. The lowest BCUT2D eigenvalue weighted by Gasteiger charge is -2.27. The van der Waals surface area contributed by atoms with Crippen LogP contribution in [-0.4, -0.2) is 28.8 Å². The van der Waals surface area contributed by atoms with Crippen molar-refractivity contribution < 1.29 is 8.42 Å². The molecular formula is C13H15BrN4O2S. The Bertz CT molecular complexity index is 772. The fourth-order valence-electron chi connectivity index (χ4n) is 2.38. The van der Waals surface area contributed by atoms with Crippen molar-refractivity contribution in [3.63, 3.8) is 0 Å². The summed E-state index contributed by atoms with van der Waals surface area (Å²) < 4.78 is 29.5. The Morgan fingerprint density at radius 2 is 2.14 bits per heavy atom. The Labute approximate surface area is 131 Å². The van der Waals surface area contributed by atoms with Crippen molar-refractivity contribution in [3.8, 4) is 0 Å². The molecule has 1 aromatic heterocycles. The molecule has 2 aromatic rings. The van der Waals surface area contributed by atoms with Gasteiger partial charge in [-0.1, -0.05) is 6.07 Å². The van der Waals surface area contributed by atoms with Gasteiger partial charge >= 0.3 is 0 Å². The average Bonchev–Trinajstić information content (AvgIpc) is 2.94. The number of fused-ring (bicyclic) bond motifs is 1.